The van der Waals surface area contributed by atoms with Crippen LogP contribution in [-0.2, 0) is 6.42 Å². The minimum atomic E-state index is 0.0238. The van der Waals surface area contributed by atoms with Crippen molar-refractivity contribution < 1.29 is 4.79 Å². The zero-order valence-corrected chi connectivity index (χ0v) is 13.1. The molecule has 0 bridgehead atoms. The van der Waals surface area contributed by atoms with E-state index in [0.717, 1.165) is 0 Å². The summed E-state index contributed by atoms with van der Waals surface area (Å²) in [5.74, 6) is 0.0238. The van der Waals surface area contributed by atoms with Crippen molar-refractivity contribution in [3.8, 4) is 0 Å². The molecule has 0 saturated carbocycles. The fourth-order valence-corrected chi connectivity index (χ4v) is 2.48. The fraction of sp³-hybridized carbons (Fsp3) is 0.235. The van der Waals surface area contributed by atoms with Crippen molar-refractivity contribution in [3.63, 3.8) is 0 Å². The molecule has 2 aromatic carbocycles. The molecule has 0 unspecified atom stereocenters. The van der Waals surface area contributed by atoms with E-state index in [1.165, 1.54) is 16.7 Å². The topological polar surface area (TPSA) is 17.1 Å². The monoisotopic (exact) mass is 306 g/mol. The molecule has 0 amide bonds. The van der Waals surface area contributed by atoms with Gasteiger partial charge in [-0.2, -0.15) is 0 Å². The summed E-state index contributed by atoms with van der Waals surface area (Å²) in [6.07, 6.45) is 1.14. The molecule has 0 spiro atoms. The summed E-state index contributed by atoms with van der Waals surface area (Å²) < 4.78 is 0. The second-order valence-electron chi connectivity index (χ2n) is 4.94. The Morgan fingerprint density at radius 2 is 1.80 bits per heavy atom. The lowest BCUT2D eigenvalue weighted by molar-refractivity contribution is 0.0983. The van der Waals surface area contributed by atoms with Crippen molar-refractivity contribution in [2.75, 3.05) is 0 Å². The van der Waals surface area contributed by atoms with Crippen molar-refractivity contribution in [1.29, 1.82) is 0 Å². The van der Waals surface area contributed by atoms with Crippen molar-refractivity contribution >= 4 is 29.0 Å². The van der Waals surface area contributed by atoms with Crippen LogP contribution in [0.25, 0.3) is 0 Å². The predicted molar refractivity (Wildman–Crippen MR) is 85.0 cm³/mol. The van der Waals surface area contributed by atoms with Gasteiger partial charge >= 0.3 is 0 Å². The average Bonchev–Trinajstić information content (AvgIpc) is 2.43. The number of hydrogen-bond donors (Lipinski definition) is 0. The lowest BCUT2D eigenvalue weighted by atomic mass is 10.00. The highest BCUT2D eigenvalue weighted by molar-refractivity contribution is 6.43. The van der Waals surface area contributed by atoms with Crippen LogP contribution >= 0.6 is 23.2 Å². The van der Waals surface area contributed by atoms with E-state index in [4.69, 9.17) is 23.2 Å². The number of halogens is 2. The van der Waals surface area contributed by atoms with Gasteiger partial charge in [0, 0.05) is 12.0 Å². The van der Waals surface area contributed by atoms with Crippen molar-refractivity contribution in [2.24, 2.45) is 0 Å². The van der Waals surface area contributed by atoms with Gasteiger partial charge in [-0.05, 0) is 49.1 Å². The smallest absolute Gasteiger partial charge is 0.164 e. The van der Waals surface area contributed by atoms with E-state index in [9.17, 15) is 4.79 Å². The van der Waals surface area contributed by atoms with Gasteiger partial charge in [0.05, 0.1) is 10.0 Å². The van der Waals surface area contributed by atoms with Gasteiger partial charge in [0.2, 0.25) is 0 Å². The Balaban J connectivity index is 2.08. The van der Waals surface area contributed by atoms with Crippen LogP contribution in [0.2, 0.25) is 10.0 Å². The van der Waals surface area contributed by atoms with Crippen LogP contribution in [0.15, 0.2) is 36.4 Å². The summed E-state index contributed by atoms with van der Waals surface area (Å²) in [6, 6.07) is 11.4. The molecular formula is C17H16Cl2O. The Kier molecular flexibility index (Phi) is 4.85. The van der Waals surface area contributed by atoms with Crippen LogP contribution in [0, 0.1) is 13.8 Å². The summed E-state index contributed by atoms with van der Waals surface area (Å²) in [6.45, 7) is 4.16. The van der Waals surface area contributed by atoms with Crippen LogP contribution in [0.1, 0.15) is 33.5 Å². The zero-order valence-electron chi connectivity index (χ0n) is 11.5. The summed E-state index contributed by atoms with van der Waals surface area (Å²) in [5.41, 5.74) is 4.18. The van der Waals surface area contributed by atoms with Crippen LogP contribution in [0.4, 0.5) is 0 Å². The van der Waals surface area contributed by atoms with E-state index in [0.29, 0.717) is 28.5 Å². The van der Waals surface area contributed by atoms with Crippen molar-refractivity contribution in [2.45, 2.75) is 26.7 Å². The number of benzene rings is 2. The third-order valence-corrected chi connectivity index (χ3v) is 4.28. The quantitative estimate of drug-likeness (QED) is 0.689. The van der Waals surface area contributed by atoms with Gasteiger partial charge in [0.25, 0.3) is 0 Å². The minimum Gasteiger partial charge on any atom is -0.294 e. The zero-order chi connectivity index (χ0) is 14.7. The molecular weight excluding hydrogens is 291 g/mol. The lowest BCUT2D eigenvalue weighted by Gasteiger charge is -2.07. The summed E-state index contributed by atoms with van der Waals surface area (Å²) >= 11 is 12.0. The number of rotatable bonds is 4. The van der Waals surface area contributed by atoms with E-state index < -0.39 is 0 Å². The Labute approximate surface area is 129 Å². The first kappa shape index (κ1) is 15.1. The Hall–Kier alpha value is -1.31. The molecule has 0 fully saturated rings. The highest BCUT2D eigenvalue weighted by atomic mass is 35.5. The Morgan fingerprint density at radius 3 is 2.50 bits per heavy atom. The molecule has 0 aliphatic heterocycles. The third-order valence-electron chi connectivity index (χ3n) is 3.46. The van der Waals surface area contributed by atoms with Crippen molar-refractivity contribution in [1.82, 2.24) is 0 Å². The van der Waals surface area contributed by atoms with Gasteiger partial charge in [-0.3, -0.25) is 4.79 Å². The van der Waals surface area contributed by atoms with Gasteiger partial charge < -0.3 is 0 Å². The average molecular weight is 307 g/mol. The molecule has 20 heavy (non-hydrogen) atoms. The van der Waals surface area contributed by atoms with Gasteiger partial charge in [-0.1, -0.05) is 47.5 Å². The first-order valence-electron chi connectivity index (χ1n) is 6.52. The highest BCUT2D eigenvalue weighted by Gasteiger charge is 2.12. The number of hydrogen-bond acceptors (Lipinski definition) is 1. The van der Waals surface area contributed by atoms with Crippen molar-refractivity contribution in [3.05, 3.63) is 68.7 Å². The van der Waals surface area contributed by atoms with Crippen LogP contribution in [0.3, 0.4) is 0 Å². The summed E-state index contributed by atoms with van der Waals surface area (Å²) in [7, 11) is 0. The molecule has 0 atom stereocenters. The molecule has 0 aliphatic rings. The number of aryl methyl sites for hydroxylation is 3. The molecule has 2 rings (SSSR count). The number of ketones is 1. The van der Waals surface area contributed by atoms with E-state index in [2.05, 4.69) is 32.0 Å². The fourth-order valence-electron chi connectivity index (χ4n) is 2.07. The maximum absolute atomic E-state index is 12.2. The second-order valence-corrected chi connectivity index (χ2v) is 5.73. The van der Waals surface area contributed by atoms with Crippen LogP contribution in [-0.4, -0.2) is 5.78 Å². The van der Waals surface area contributed by atoms with E-state index >= 15 is 0 Å². The largest absolute Gasteiger partial charge is 0.294 e. The third kappa shape index (κ3) is 3.41. The maximum Gasteiger partial charge on any atom is 0.164 e. The molecule has 0 saturated heterocycles. The van der Waals surface area contributed by atoms with Gasteiger partial charge in [-0.15, -0.1) is 0 Å². The second kappa shape index (κ2) is 6.43. The summed E-state index contributed by atoms with van der Waals surface area (Å²) in [5, 5.41) is 0.767. The predicted octanol–water partition coefficient (Wildman–Crippen LogP) is 5.43. The molecule has 0 radical (unpaired) electrons. The minimum absolute atomic E-state index is 0.0238. The maximum atomic E-state index is 12.2. The number of Topliss-reactive ketones (excluding diaryl/α,β-unsaturated/α-hetero) is 1. The first-order valence-corrected chi connectivity index (χ1v) is 7.28. The lowest BCUT2D eigenvalue weighted by Crippen LogP contribution is -2.02. The SMILES string of the molecule is Cc1ccc(CCC(=O)c2cccc(Cl)c2Cl)cc1C. The van der Waals surface area contributed by atoms with E-state index in [-0.39, 0.29) is 5.78 Å². The molecule has 3 heteroatoms. The first-order chi connectivity index (χ1) is 9.49. The number of carbonyl (C=O) groups excluding carboxylic acids is 1. The molecule has 2 aromatic rings. The molecule has 1 nitrogen and oxygen atoms in total. The molecule has 0 N–H and O–H groups in total. The molecule has 0 aromatic heterocycles. The number of carbonyl (C=O) groups is 1. The molecule has 0 heterocycles. The van der Waals surface area contributed by atoms with Crippen LogP contribution < -0.4 is 0 Å². The highest BCUT2D eigenvalue weighted by Crippen LogP contribution is 2.26. The van der Waals surface area contributed by atoms with Gasteiger partial charge in [0.15, 0.2) is 5.78 Å². The van der Waals surface area contributed by atoms with Gasteiger partial charge in [0.1, 0.15) is 0 Å². The van der Waals surface area contributed by atoms with Crippen LogP contribution in [0.5, 0.6) is 0 Å². The Bertz CT molecular complexity index is 647. The standard InChI is InChI=1S/C17H16Cl2O/c1-11-6-7-13(10-12(11)2)8-9-16(20)14-4-3-5-15(18)17(14)19/h3-7,10H,8-9H2,1-2H3. The van der Waals surface area contributed by atoms with Gasteiger partial charge in [-0.25, -0.2) is 0 Å². The van der Waals surface area contributed by atoms with E-state index in [1.807, 2.05) is 0 Å². The molecule has 104 valence electrons. The molecule has 0 aliphatic carbocycles. The summed E-state index contributed by atoms with van der Waals surface area (Å²) in [4.78, 5) is 12.2. The van der Waals surface area contributed by atoms with E-state index in [1.54, 1.807) is 18.2 Å². The normalized spacial score (nSPS) is 10.6. The Morgan fingerprint density at radius 1 is 1.05 bits per heavy atom.